The largest absolute Gasteiger partial charge is 0.394 e. The van der Waals surface area contributed by atoms with Gasteiger partial charge in [0, 0.05) is 42.8 Å². The van der Waals surface area contributed by atoms with Crippen LogP contribution in [0.1, 0.15) is 69.9 Å². The van der Waals surface area contributed by atoms with Crippen LogP contribution in [0, 0.1) is 5.41 Å². The van der Waals surface area contributed by atoms with Gasteiger partial charge in [-0.2, -0.15) is 0 Å². The van der Waals surface area contributed by atoms with Crippen LogP contribution in [0.15, 0.2) is 53.7 Å². The summed E-state index contributed by atoms with van der Waals surface area (Å²) in [6.45, 7) is 13.6. The van der Waals surface area contributed by atoms with Gasteiger partial charge in [-0.15, -0.1) is 0 Å². The van der Waals surface area contributed by atoms with Crippen LogP contribution in [0.5, 0.6) is 0 Å². The molecule has 1 aromatic rings. The maximum absolute atomic E-state index is 13.5. The Hall–Kier alpha value is -3.13. The molecule has 8 heteroatoms. The fourth-order valence-electron chi connectivity index (χ4n) is 6.62. The van der Waals surface area contributed by atoms with Gasteiger partial charge < -0.3 is 20.9 Å². The summed E-state index contributed by atoms with van der Waals surface area (Å²) in [6, 6.07) is 6.36. The molecular formula is C33H47BN5O2. The second kappa shape index (κ2) is 13.2. The van der Waals surface area contributed by atoms with Crippen LogP contribution in [0.3, 0.4) is 0 Å². The van der Waals surface area contributed by atoms with Crippen molar-refractivity contribution < 1.29 is 9.59 Å². The monoisotopic (exact) mass is 556 g/mol. The van der Waals surface area contributed by atoms with Gasteiger partial charge in [0.25, 0.3) is 5.91 Å². The van der Waals surface area contributed by atoms with Gasteiger partial charge in [0.2, 0.25) is 5.91 Å². The van der Waals surface area contributed by atoms with Gasteiger partial charge in [-0.05, 0) is 76.1 Å². The number of hydrogen-bond donors (Lipinski definition) is 2. The molecule has 0 atom stereocenters. The fourth-order valence-corrected chi connectivity index (χ4v) is 6.62. The molecule has 0 spiro atoms. The lowest BCUT2D eigenvalue weighted by Crippen LogP contribution is -2.61. The maximum atomic E-state index is 13.5. The highest BCUT2D eigenvalue weighted by molar-refractivity contribution is 6.52. The number of likely N-dealkylation sites (N-methyl/N-ethyl adjacent to an activating group) is 1. The Labute approximate surface area is 247 Å². The number of piperazine rings is 1. The number of hydrogen-bond acceptors (Lipinski definition) is 5. The van der Waals surface area contributed by atoms with Gasteiger partial charge in [0.05, 0.1) is 11.4 Å². The quantitative estimate of drug-likeness (QED) is 0.198. The highest BCUT2D eigenvalue weighted by atomic mass is 16.2. The molecule has 41 heavy (non-hydrogen) atoms. The average molecular weight is 557 g/mol. The van der Waals surface area contributed by atoms with Crippen LogP contribution >= 0.6 is 0 Å². The number of nitrogens with zero attached hydrogens (tertiary/aromatic N) is 3. The summed E-state index contributed by atoms with van der Waals surface area (Å²) in [5, 5.41) is 3.27. The van der Waals surface area contributed by atoms with Crippen molar-refractivity contribution in [3.8, 4) is 0 Å². The number of amides is 2. The lowest BCUT2D eigenvalue weighted by Gasteiger charge is -2.54. The zero-order valence-corrected chi connectivity index (χ0v) is 25.5. The molecule has 3 saturated carbocycles. The molecule has 1 aromatic carbocycles. The first-order valence-electron chi connectivity index (χ1n) is 15.3. The first-order valence-corrected chi connectivity index (χ1v) is 15.3. The van der Waals surface area contributed by atoms with E-state index in [1.807, 2.05) is 19.8 Å². The molecule has 1 saturated heterocycles. The van der Waals surface area contributed by atoms with Crippen molar-refractivity contribution in [3.63, 3.8) is 0 Å². The van der Waals surface area contributed by atoms with E-state index in [4.69, 9.17) is 10.7 Å². The molecular weight excluding hydrogens is 509 g/mol. The third kappa shape index (κ3) is 6.86. The van der Waals surface area contributed by atoms with E-state index in [0.29, 0.717) is 12.3 Å². The molecule has 7 nitrogen and oxygen atoms in total. The topological polar surface area (TPSA) is 91.0 Å². The van der Waals surface area contributed by atoms with Crippen molar-refractivity contribution >= 4 is 36.0 Å². The van der Waals surface area contributed by atoms with Crippen molar-refractivity contribution in [2.75, 3.05) is 33.2 Å². The predicted octanol–water partition coefficient (Wildman–Crippen LogP) is 3.83. The van der Waals surface area contributed by atoms with E-state index in [9.17, 15) is 9.59 Å². The van der Waals surface area contributed by atoms with Crippen molar-refractivity contribution in [2.45, 2.75) is 77.6 Å². The minimum absolute atomic E-state index is 0.165. The summed E-state index contributed by atoms with van der Waals surface area (Å²) in [7, 11) is 4.22. The summed E-state index contributed by atoms with van der Waals surface area (Å²) in [5.41, 5.74) is 11.0. The van der Waals surface area contributed by atoms with Gasteiger partial charge in [-0.25, -0.2) is 0 Å². The molecule has 1 radical (unpaired) electrons. The minimum Gasteiger partial charge on any atom is -0.394 e. The SMILES string of the molecule is C=C\C=C(/N=C(/C=C(\N)C(=O)NC12CCC(C(=O)N3CCN(C)CC3)(CC1)CC2)CC)c1ccc(CC)c([B]C)c1. The Balaban J connectivity index is 1.44. The van der Waals surface area contributed by atoms with Gasteiger partial charge in [0.15, 0.2) is 0 Å². The number of aliphatic imine (C=N–C) groups is 1. The highest BCUT2D eigenvalue weighted by Gasteiger charge is 2.54. The summed E-state index contributed by atoms with van der Waals surface area (Å²) in [5.74, 6) is 0.0699. The predicted molar refractivity (Wildman–Crippen MR) is 170 cm³/mol. The maximum Gasteiger partial charge on any atom is 0.267 e. The lowest BCUT2D eigenvalue weighted by atomic mass is 9.56. The first kappa shape index (κ1) is 30.8. The third-order valence-electron chi connectivity index (χ3n) is 9.49. The Bertz CT molecular complexity index is 1220. The Morgan fingerprint density at radius 1 is 1.10 bits per heavy atom. The Morgan fingerprint density at radius 2 is 1.76 bits per heavy atom. The van der Waals surface area contributed by atoms with Gasteiger partial charge >= 0.3 is 0 Å². The third-order valence-corrected chi connectivity index (χ3v) is 9.49. The summed E-state index contributed by atoms with van der Waals surface area (Å²) < 4.78 is 0. The van der Waals surface area contributed by atoms with E-state index in [1.54, 1.807) is 12.2 Å². The molecule has 1 aliphatic heterocycles. The first-order chi connectivity index (χ1) is 19.7. The number of benzene rings is 1. The smallest absolute Gasteiger partial charge is 0.267 e. The number of aryl methyl sites for hydroxylation is 1. The van der Waals surface area contributed by atoms with Crippen molar-refractivity contribution in [1.29, 1.82) is 0 Å². The molecule has 5 rings (SSSR count). The molecule has 3 N–H and O–H groups in total. The summed E-state index contributed by atoms with van der Waals surface area (Å²) in [4.78, 5) is 36.0. The average Bonchev–Trinajstić information content (AvgIpc) is 3.00. The van der Waals surface area contributed by atoms with Crippen molar-refractivity contribution in [1.82, 2.24) is 15.1 Å². The molecule has 2 amide bonds. The van der Waals surface area contributed by atoms with Crippen LogP contribution in [0.25, 0.3) is 5.70 Å². The molecule has 2 bridgehead atoms. The van der Waals surface area contributed by atoms with E-state index in [0.717, 1.165) is 88.1 Å². The highest BCUT2D eigenvalue weighted by Crippen LogP contribution is 2.53. The number of rotatable bonds is 10. The molecule has 0 aromatic heterocycles. The van der Waals surface area contributed by atoms with E-state index < -0.39 is 0 Å². The van der Waals surface area contributed by atoms with E-state index in [-0.39, 0.29) is 22.6 Å². The normalized spacial score (nSPS) is 25.7. The summed E-state index contributed by atoms with van der Waals surface area (Å²) in [6.07, 6.45) is 11.8. The second-order valence-corrected chi connectivity index (χ2v) is 12.0. The van der Waals surface area contributed by atoms with Crippen LogP contribution in [0.4, 0.5) is 0 Å². The zero-order valence-electron chi connectivity index (χ0n) is 25.5. The molecule has 4 aliphatic rings. The molecule has 219 valence electrons. The number of fused-ring (bicyclic) bond motifs is 3. The molecule has 3 aliphatic carbocycles. The van der Waals surface area contributed by atoms with Gasteiger partial charge in [0.1, 0.15) is 7.28 Å². The van der Waals surface area contributed by atoms with E-state index in [2.05, 4.69) is 61.1 Å². The van der Waals surface area contributed by atoms with E-state index in [1.165, 1.54) is 11.0 Å². The number of carbonyl (C=O) groups excluding carboxylic acids is 2. The number of allylic oxidation sites excluding steroid dienone is 3. The Kier molecular flexibility index (Phi) is 9.95. The number of carbonyl (C=O) groups is 2. The molecule has 4 fully saturated rings. The molecule has 0 unspecified atom stereocenters. The number of nitrogens with two attached hydrogens (primary N) is 1. The lowest BCUT2D eigenvalue weighted by molar-refractivity contribution is -0.151. The van der Waals surface area contributed by atoms with Gasteiger partial charge in [-0.3, -0.25) is 14.6 Å². The molecule has 1 heterocycles. The Morgan fingerprint density at radius 3 is 2.32 bits per heavy atom. The van der Waals surface area contributed by atoms with Crippen LogP contribution in [-0.4, -0.2) is 73.4 Å². The van der Waals surface area contributed by atoms with E-state index >= 15 is 0 Å². The summed E-state index contributed by atoms with van der Waals surface area (Å²) >= 11 is 0. The van der Waals surface area contributed by atoms with Crippen LogP contribution in [-0.2, 0) is 16.0 Å². The second-order valence-electron chi connectivity index (χ2n) is 12.0. The fraction of sp³-hybridized carbons (Fsp3) is 0.545. The van der Waals surface area contributed by atoms with Gasteiger partial charge in [-0.1, -0.05) is 62.6 Å². The zero-order chi connectivity index (χ0) is 29.6. The minimum atomic E-state index is -0.287. The van der Waals surface area contributed by atoms with Crippen LogP contribution in [0.2, 0.25) is 6.82 Å². The van der Waals surface area contributed by atoms with Crippen LogP contribution < -0.4 is 16.5 Å². The number of nitrogens with one attached hydrogen (secondary N) is 1. The van der Waals surface area contributed by atoms with Crippen molar-refractivity contribution in [3.05, 3.63) is 59.8 Å². The standard InChI is InChI=1S/C33H47BN5O2/c1-6-9-29(25-11-10-24(7-2)27(22-25)34-4)36-26(8-3)23-28(35)30(40)37-33-15-12-32(13-16-33,14-17-33)31(41)39-20-18-38(5)19-21-39/h6,9-11,22-23H,1,7-8,12-21,35H2,2-5H3,(H,37,40)/b28-23-,29-9-,36-26+. The van der Waals surface area contributed by atoms with Crippen molar-refractivity contribution in [2.24, 2.45) is 16.1 Å².